The lowest BCUT2D eigenvalue weighted by Crippen LogP contribution is -1.97. The first-order valence-electron chi connectivity index (χ1n) is 4.61. The van der Waals surface area contributed by atoms with E-state index in [9.17, 15) is 4.57 Å². The minimum absolute atomic E-state index is 0.00796. The van der Waals surface area contributed by atoms with Gasteiger partial charge in [0.2, 0.25) is 0 Å². The van der Waals surface area contributed by atoms with Gasteiger partial charge < -0.3 is 4.52 Å². The summed E-state index contributed by atoms with van der Waals surface area (Å²) in [4.78, 5) is 0. The van der Waals surface area contributed by atoms with E-state index in [1.54, 1.807) is 0 Å². The van der Waals surface area contributed by atoms with Crippen LogP contribution in [0.4, 0.5) is 0 Å². The number of rotatable bonds is 9. The Morgan fingerprint density at radius 1 is 1.11 bits per heavy atom. The van der Waals surface area contributed by atoms with E-state index in [-0.39, 0.29) is 22.7 Å². The molecule has 0 unspecified atom stereocenters. The summed E-state index contributed by atoms with van der Waals surface area (Å²) in [5, 5.41) is 0.0274. The fourth-order valence-electron chi connectivity index (χ4n) is 0.639. The molecule has 0 aliphatic carbocycles. The van der Waals surface area contributed by atoms with Crippen molar-refractivity contribution in [1.82, 2.24) is 0 Å². The molecular formula is C10H12Cl3O4P. The van der Waals surface area contributed by atoms with Gasteiger partial charge in [0.05, 0.1) is 18.2 Å². The van der Waals surface area contributed by atoms with Crippen LogP contribution in [-0.4, -0.2) is 13.2 Å². The summed E-state index contributed by atoms with van der Waals surface area (Å²) in [6, 6.07) is 0. The van der Waals surface area contributed by atoms with Crippen molar-refractivity contribution in [2.24, 2.45) is 0 Å². The van der Waals surface area contributed by atoms with Crippen LogP contribution in [0.1, 0.15) is 0 Å². The fraction of sp³-hybridized carbons (Fsp3) is 0.200. The Kier molecular flexibility index (Phi) is 9.56. The van der Waals surface area contributed by atoms with Gasteiger partial charge in [-0.25, -0.2) is 4.57 Å². The maximum absolute atomic E-state index is 12.0. The molecule has 0 aliphatic rings. The van der Waals surface area contributed by atoms with E-state index >= 15 is 0 Å². The number of phosphoric acid groups is 1. The Morgan fingerprint density at radius 3 is 2.00 bits per heavy atom. The normalized spacial score (nSPS) is 11.8. The van der Waals surface area contributed by atoms with Crippen molar-refractivity contribution in [3.8, 4) is 0 Å². The zero-order valence-electron chi connectivity index (χ0n) is 9.35. The van der Waals surface area contributed by atoms with Crippen molar-refractivity contribution < 1.29 is 18.1 Å². The molecule has 18 heavy (non-hydrogen) atoms. The molecule has 0 aromatic rings. The van der Waals surface area contributed by atoms with E-state index in [0.717, 1.165) is 6.26 Å². The third-order valence-electron chi connectivity index (χ3n) is 1.24. The maximum atomic E-state index is 12.0. The molecule has 0 spiro atoms. The molecule has 0 amide bonds. The van der Waals surface area contributed by atoms with Gasteiger partial charge >= 0.3 is 7.82 Å². The number of hydrogen-bond donors (Lipinski definition) is 0. The highest BCUT2D eigenvalue weighted by Crippen LogP contribution is 2.50. The first-order chi connectivity index (χ1) is 8.43. The zero-order chi connectivity index (χ0) is 14.0. The molecule has 0 saturated heterocycles. The van der Waals surface area contributed by atoms with Crippen molar-refractivity contribution >= 4 is 42.6 Å². The topological polar surface area (TPSA) is 44.8 Å². The van der Waals surface area contributed by atoms with E-state index < -0.39 is 7.82 Å². The minimum atomic E-state index is -3.77. The Morgan fingerprint density at radius 2 is 1.61 bits per heavy atom. The first kappa shape index (κ1) is 17.8. The monoisotopic (exact) mass is 332 g/mol. The molecule has 0 heterocycles. The standard InChI is InChI=1S/C10H12Cl3O4P/c1-3-5-15-18(14,16-6-4-2)17-8-9(11)7-10(12)13/h3-4,7-8H,1-2,5-6H2. The second-order valence-electron chi connectivity index (χ2n) is 2.66. The van der Waals surface area contributed by atoms with Gasteiger partial charge in [-0.15, -0.1) is 13.2 Å². The number of halogens is 3. The van der Waals surface area contributed by atoms with Crippen LogP contribution in [0.15, 0.2) is 47.2 Å². The quantitative estimate of drug-likeness (QED) is 0.260. The second kappa shape index (κ2) is 9.68. The lowest BCUT2D eigenvalue weighted by atomic mass is 10.6. The molecule has 0 aromatic carbocycles. The summed E-state index contributed by atoms with van der Waals surface area (Å²) in [5.41, 5.74) is 0. The first-order valence-corrected chi connectivity index (χ1v) is 7.20. The van der Waals surface area contributed by atoms with Crippen LogP contribution in [-0.2, 0) is 18.1 Å². The number of hydrogen-bond acceptors (Lipinski definition) is 4. The van der Waals surface area contributed by atoms with Gasteiger partial charge in [0.25, 0.3) is 0 Å². The third-order valence-corrected chi connectivity index (χ3v) is 2.95. The van der Waals surface area contributed by atoms with Crippen LogP contribution in [0.25, 0.3) is 0 Å². The number of phosphoric ester groups is 1. The summed E-state index contributed by atoms with van der Waals surface area (Å²) < 4.78 is 26.5. The van der Waals surface area contributed by atoms with Crippen molar-refractivity contribution in [3.63, 3.8) is 0 Å². The lowest BCUT2D eigenvalue weighted by molar-refractivity contribution is 0.165. The predicted octanol–water partition coefficient (Wildman–Crippen LogP) is 4.92. The Bertz CT molecular complexity index is 373. The van der Waals surface area contributed by atoms with Crippen LogP contribution in [0, 0.1) is 0 Å². The van der Waals surface area contributed by atoms with Crippen molar-refractivity contribution in [2.45, 2.75) is 0 Å². The van der Waals surface area contributed by atoms with Gasteiger partial charge in [0.15, 0.2) is 0 Å². The molecule has 0 bridgehead atoms. The maximum Gasteiger partial charge on any atom is 0.530 e. The summed E-state index contributed by atoms with van der Waals surface area (Å²) in [5.74, 6) is 0. The van der Waals surface area contributed by atoms with Crippen LogP contribution < -0.4 is 0 Å². The molecule has 0 rings (SSSR count). The molecule has 0 N–H and O–H groups in total. The molecule has 102 valence electrons. The zero-order valence-corrected chi connectivity index (χ0v) is 12.5. The van der Waals surface area contributed by atoms with Gasteiger partial charge in [-0.1, -0.05) is 47.0 Å². The van der Waals surface area contributed by atoms with E-state index in [1.165, 1.54) is 18.2 Å². The number of allylic oxidation sites excluding steroid dienone is 2. The molecule has 4 nitrogen and oxygen atoms in total. The smallest absolute Gasteiger partial charge is 0.410 e. The molecule has 0 fully saturated rings. The van der Waals surface area contributed by atoms with Gasteiger partial charge in [0.1, 0.15) is 10.8 Å². The fourth-order valence-corrected chi connectivity index (χ4v) is 2.22. The highest BCUT2D eigenvalue weighted by Gasteiger charge is 2.25. The SMILES string of the molecule is C=CCOP(=O)(OC=C(Cl)C=C(Cl)Cl)OCC=C. The Balaban J connectivity index is 4.67. The third kappa shape index (κ3) is 8.81. The molecule has 0 radical (unpaired) electrons. The van der Waals surface area contributed by atoms with E-state index in [0.29, 0.717) is 0 Å². The Hall–Kier alpha value is -0.220. The van der Waals surface area contributed by atoms with E-state index in [4.69, 9.17) is 48.4 Å². The molecule has 0 aliphatic heterocycles. The lowest BCUT2D eigenvalue weighted by Gasteiger charge is -2.14. The Labute approximate surface area is 121 Å². The van der Waals surface area contributed by atoms with Gasteiger partial charge in [-0.3, -0.25) is 9.05 Å². The molecule has 8 heteroatoms. The summed E-state index contributed by atoms with van der Waals surface area (Å²) in [6.45, 7) is 6.81. The minimum Gasteiger partial charge on any atom is -0.410 e. The van der Waals surface area contributed by atoms with Crippen LogP contribution in [0.2, 0.25) is 0 Å². The van der Waals surface area contributed by atoms with Crippen LogP contribution in [0.3, 0.4) is 0 Å². The summed E-state index contributed by atoms with van der Waals surface area (Å²) in [7, 11) is -3.77. The van der Waals surface area contributed by atoms with Crippen LogP contribution >= 0.6 is 42.6 Å². The van der Waals surface area contributed by atoms with Crippen molar-refractivity contribution in [1.29, 1.82) is 0 Å². The average molecular weight is 334 g/mol. The van der Waals surface area contributed by atoms with Gasteiger partial charge in [0, 0.05) is 0 Å². The van der Waals surface area contributed by atoms with Gasteiger partial charge in [-0.05, 0) is 6.08 Å². The van der Waals surface area contributed by atoms with Crippen molar-refractivity contribution in [2.75, 3.05) is 13.2 Å². The highest BCUT2D eigenvalue weighted by atomic mass is 35.5. The molecule has 0 saturated carbocycles. The summed E-state index contributed by atoms with van der Waals surface area (Å²) in [6.07, 6.45) is 4.94. The van der Waals surface area contributed by atoms with E-state index in [2.05, 4.69) is 13.2 Å². The van der Waals surface area contributed by atoms with Crippen LogP contribution in [0.5, 0.6) is 0 Å². The average Bonchev–Trinajstić information content (AvgIpc) is 2.31. The molecule has 0 aromatic heterocycles. The predicted molar refractivity (Wildman–Crippen MR) is 74.7 cm³/mol. The second-order valence-corrected chi connectivity index (χ2v) is 5.72. The largest absolute Gasteiger partial charge is 0.530 e. The van der Waals surface area contributed by atoms with Gasteiger partial charge in [-0.2, -0.15) is 0 Å². The highest BCUT2D eigenvalue weighted by molar-refractivity contribution is 7.48. The molecular weight excluding hydrogens is 321 g/mol. The molecule has 0 atom stereocenters. The van der Waals surface area contributed by atoms with E-state index in [1.807, 2.05) is 0 Å². The van der Waals surface area contributed by atoms with Crippen molar-refractivity contribution in [3.05, 3.63) is 47.2 Å². The summed E-state index contributed by atoms with van der Waals surface area (Å²) >= 11 is 16.4.